The molecule has 218 valence electrons. The van der Waals surface area contributed by atoms with Gasteiger partial charge in [-0.3, -0.25) is 0 Å². The van der Waals surface area contributed by atoms with E-state index in [0.717, 1.165) is 59.1 Å². The molecule has 0 aliphatic rings. The number of rotatable bonds is 8. The summed E-state index contributed by atoms with van der Waals surface area (Å²) in [6.07, 6.45) is 4.14. The Kier molecular flexibility index (Phi) is 9.79. The van der Waals surface area contributed by atoms with Crippen LogP contribution in [0.15, 0.2) is 133 Å². The summed E-state index contributed by atoms with van der Waals surface area (Å²) >= 11 is 0. The smallest absolute Gasteiger partial charge is 0.177 e. The summed E-state index contributed by atoms with van der Waals surface area (Å²) in [5.74, 6) is 12.7. The maximum atomic E-state index is 11.9. The van der Waals surface area contributed by atoms with Crippen LogP contribution in [0.1, 0.15) is 71.2 Å². The van der Waals surface area contributed by atoms with E-state index in [0.29, 0.717) is 0 Å². The number of aliphatic hydroxyl groups is 2. The van der Waals surface area contributed by atoms with Crippen molar-refractivity contribution in [1.82, 2.24) is 0 Å². The molecular formula is C42H38O2. The number of aryl methyl sites for hydroxylation is 2. The van der Waals surface area contributed by atoms with Crippen LogP contribution in [-0.2, 0) is 24.0 Å². The van der Waals surface area contributed by atoms with E-state index in [1.165, 1.54) is 11.1 Å². The van der Waals surface area contributed by atoms with Gasteiger partial charge in [-0.15, -0.1) is 0 Å². The number of benzene rings is 5. The van der Waals surface area contributed by atoms with E-state index in [4.69, 9.17) is 0 Å². The Balaban J connectivity index is 1.44. The largest absolute Gasteiger partial charge is 0.369 e. The molecule has 0 saturated carbocycles. The summed E-state index contributed by atoms with van der Waals surface area (Å²) in [6, 6.07) is 42.9. The van der Waals surface area contributed by atoms with Crippen molar-refractivity contribution in [2.45, 2.75) is 50.7 Å². The fraction of sp³-hybridized carbons (Fsp3) is 0.190. The van der Waals surface area contributed by atoms with Crippen molar-refractivity contribution in [2.75, 3.05) is 0 Å². The summed E-state index contributed by atoms with van der Waals surface area (Å²) in [4.78, 5) is 0. The van der Waals surface area contributed by atoms with Gasteiger partial charge in [-0.25, -0.2) is 0 Å². The predicted molar refractivity (Wildman–Crippen MR) is 180 cm³/mol. The van der Waals surface area contributed by atoms with Gasteiger partial charge in [0.05, 0.1) is 0 Å². The third-order valence-corrected chi connectivity index (χ3v) is 7.86. The van der Waals surface area contributed by atoms with Crippen LogP contribution in [0.25, 0.3) is 0 Å². The van der Waals surface area contributed by atoms with Crippen molar-refractivity contribution in [2.24, 2.45) is 0 Å². The number of hydrogen-bond donors (Lipinski definition) is 2. The first-order valence-corrected chi connectivity index (χ1v) is 15.4. The van der Waals surface area contributed by atoms with Crippen LogP contribution in [0.5, 0.6) is 0 Å². The highest BCUT2D eigenvalue weighted by atomic mass is 16.3. The van der Waals surface area contributed by atoms with Gasteiger partial charge in [0, 0.05) is 33.4 Å². The maximum Gasteiger partial charge on any atom is 0.177 e. The minimum absolute atomic E-state index is 0.723. The van der Waals surface area contributed by atoms with Crippen LogP contribution in [-0.4, -0.2) is 10.2 Å². The molecule has 5 aromatic carbocycles. The first kappa shape index (κ1) is 30.6. The zero-order valence-electron chi connectivity index (χ0n) is 25.4. The van der Waals surface area contributed by atoms with Gasteiger partial charge < -0.3 is 10.2 Å². The maximum absolute atomic E-state index is 11.9. The number of hydrogen-bond acceptors (Lipinski definition) is 2. The molecule has 5 rings (SSSR count). The fourth-order valence-electron chi connectivity index (χ4n) is 5.35. The highest BCUT2D eigenvalue weighted by Crippen LogP contribution is 2.31. The second kappa shape index (κ2) is 14.1. The lowest BCUT2D eigenvalue weighted by molar-refractivity contribution is 0.145. The van der Waals surface area contributed by atoms with E-state index >= 15 is 0 Å². The third kappa shape index (κ3) is 7.02. The van der Waals surface area contributed by atoms with Gasteiger partial charge >= 0.3 is 0 Å². The van der Waals surface area contributed by atoms with Crippen LogP contribution in [0.4, 0.5) is 0 Å². The van der Waals surface area contributed by atoms with E-state index in [1.54, 1.807) is 0 Å². The van der Waals surface area contributed by atoms with Gasteiger partial charge in [-0.2, -0.15) is 0 Å². The molecule has 0 bridgehead atoms. The molecule has 5 aromatic rings. The first-order chi connectivity index (χ1) is 21.4. The van der Waals surface area contributed by atoms with Gasteiger partial charge in [-0.1, -0.05) is 160 Å². The minimum atomic E-state index is -1.46. The van der Waals surface area contributed by atoms with Gasteiger partial charge in [0.15, 0.2) is 11.2 Å². The Labute approximate surface area is 262 Å². The van der Waals surface area contributed by atoms with Gasteiger partial charge in [0.2, 0.25) is 0 Å². The second-order valence-corrected chi connectivity index (χ2v) is 11.1. The molecule has 0 saturated heterocycles. The molecule has 0 fully saturated rings. The standard InChI is InChI=1S/C42H38O2/c1-3-11-33-21-25-39(26-22-33)41(43,37-13-7-5-8-14-37)31-29-35-17-19-36(20-18-35)30-32-42(44,38-15-9-6-10-16-38)40-27-23-34(12-4-2)24-28-40/h5-10,13-28,43-44H,3-4,11-12H2,1-2H3. The van der Waals surface area contributed by atoms with E-state index in [9.17, 15) is 10.2 Å². The van der Waals surface area contributed by atoms with E-state index in [-0.39, 0.29) is 0 Å². The van der Waals surface area contributed by atoms with Crippen LogP contribution < -0.4 is 0 Å². The normalized spacial score (nSPS) is 13.4. The average Bonchev–Trinajstić information content (AvgIpc) is 3.08. The van der Waals surface area contributed by atoms with Crippen molar-refractivity contribution >= 4 is 0 Å². The molecule has 0 heterocycles. The molecule has 2 nitrogen and oxygen atoms in total. The SMILES string of the molecule is CCCc1ccc(C(O)(C#Cc2ccc(C#CC(O)(c3ccccc3)c3ccc(CCC)cc3)cc2)c2ccccc2)cc1. The van der Waals surface area contributed by atoms with Gasteiger partial charge in [0.1, 0.15) is 0 Å². The summed E-state index contributed by atoms with van der Waals surface area (Å²) in [6.45, 7) is 4.32. The Hall–Kier alpha value is -4.86. The van der Waals surface area contributed by atoms with Gasteiger partial charge in [-0.05, 0) is 48.2 Å². The summed E-state index contributed by atoms with van der Waals surface area (Å²) in [5, 5.41) is 23.8. The quantitative estimate of drug-likeness (QED) is 0.184. The molecule has 0 aromatic heterocycles. The molecule has 0 aliphatic carbocycles. The average molecular weight is 575 g/mol. The topological polar surface area (TPSA) is 40.5 Å². The van der Waals surface area contributed by atoms with E-state index in [1.807, 2.05) is 109 Å². The second-order valence-electron chi connectivity index (χ2n) is 11.1. The summed E-state index contributed by atoms with van der Waals surface area (Å²) in [7, 11) is 0. The van der Waals surface area contributed by atoms with Gasteiger partial charge in [0.25, 0.3) is 0 Å². The Morgan fingerprint density at radius 3 is 1.07 bits per heavy atom. The summed E-state index contributed by atoms with van der Waals surface area (Å²) in [5.41, 5.74) is 4.01. The van der Waals surface area contributed by atoms with Crippen LogP contribution in [0, 0.1) is 23.7 Å². The van der Waals surface area contributed by atoms with Crippen LogP contribution in [0.2, 0.25) is 0 Å². The molecule has 0 amide bonds. The molecule has 0 aliphatic heterocycles. The molecule has 2 heteroatoms. The van der Waals surface area contributed by atoms with Crippen molar-refractivity contribution in [3.63, 3.8) is 0 Å². The fourth-order valence-corrected chi connectivity index (χ4v) is 5.35. The predicted octanol–water partition coefficient (Wildman–Crippen LogP) is 8.17. The lowest BCUT2D eigenvalue weighted by Gasteiger charge is -2.24. The monoisotopic (exact) mass is 574 g/mol. The lowest BCUT2D eigenvalue weighted by atomic mass is 9.86. The zero-order valence-corrected chi connectivity index (χ0v) is 25.4. The molecule has 2 unspecified atom stereocenters. The molecule has 0 radical (unpaired) electrons. The Morgan fingerprint density at radius 1 is 0.432 bits per heavy atom. The minimum Gasteiger partial charge on any atom is -0.369 e. The van der Waals surface area contributed by atoms with Crippen LogP contribution >= 0.6 is 0 Å². The highest BCUT2D eigenvalue weighted by Gasteiger charge is 2.30. The molecule has 2 atom stereocenters. The van der Waals surface area contributed by atoms with Crippen LogP contribution in [0.3, 0.4) is 0 Å². The lowest BCUT2D eigenvalue weighted by Crippen LogP contribution is -2.25. The zero-order chi connectivity index (χ0) is 30.8. The molecule has 2 N–H and O–H groups in total. The Morgan fingerprint density at radius 2 is 0.750 bits per heavy atom. The molecule has 44 heavy (non-hydrogen) atoms. The summed E-state index contributed by atoms with van der Waals surface area (Å²) < 4.78 is 0. The van der Waals surface area contributed by atoms with E-state index < -0.39 is 11.2 Å². The highest BCUT2D eigenvalue weighted by molar-refractivity contribution is 5.51. The van der Waals surface area contributed by atoms with Crippen molar-refractivity contribution in [3.05, 3.63) is 178 Å². The van der Waals surface area contributed by atoms with Crippen molar-refractivity contribution in [1.29, 1.82) is 0 Å². The van der Waals surface area contributed by atoms with Crippen molar-refractivity contribution in [3.8, 4) is 23.7 Å². The molecular weight excluding hydrogens is 536 g/mol. The van der Waals surface area contributed by atoms with E-state index in [2.05, 4.69) is 61.8 Å². The third-order valence-electron chi connectivity index (χ3n) is 7.86. The first-order valence-electron chi connectivity index (χ1n) is 15.4. The Bertz CT molecular complexity index is 1630. The molecule has 0 spiro atoms. The van der Waals surface area contributed by atoms with Crippen molar-refractivity contribution < 1.29 is 10.2 Å².